The third kappa shape index (κ3) is 3.75. The zero-order chi connectivity index (χ0) is 22.3. The maximum atomic E-state index is 13.4. The van der Waals surface area contributed by atoms with Crippen molar-refractivity contribution in [3.63, 3.8) is 0 Å². The van der Waals surface area contributed by atoms with Gasteiger partial charge in [0.2, 0.25) is 5.95 Å². The van der Waals surface area contributed by atoms with Crippen molar-refractivity contribution in [1.82, 2.24) is 18.7 Å². The van der Waals surface area contributed by atoms with Gasteiger partial charge in [0, 0.05) is 32.4 Å². The molecule has 0 aliphatic carbocycles. The number of fused-ring (bicyclic) bond motifs is 3. The van der Waals surface area contributed by atoms with E-state index >= 15 is 0 Å². The minimum atomic E-state index is -0.311. The zero-order valence-corrected chi connectivity index (χ0v) is 19.0. The van der Waals surface area contributed by atoms with Crippen LogP contribution in [0.4, 0.5) is 11.6 Å². The number of rotatable bonds is 6. The van der Waals surface area contributed by atoms with E-state index in [0.29, 0.717) is 48.6 Å². The smallest absolute Gasteiger partial charge is 0.332 e. The number of hydrogen-bond acceptors (Lipinski definition) is 5. The number of benzene rings is 1. The van der Waals surface area contributed by atoms with Crippen LogP contribution >= 0.6 is 0 Å². The fraction of sp³-hybridized carbons (Fsp3) is 0.522. The van der Waals surface area contributed by atoms with Gasteiger partial charge in [-0.25, -0.2) is 4.79 Å². The summed E-state index contributed by atoms with van der Waals surface area (Å²) in [7, 11) is 1.69. The lowest BCUT2D eigenvalue weighted by molar-refractivity contribution is 0.340. The molecule has 0 fully saturated rings. The Labute approximate surface area is 181 Å². The second kappa shape index (κ2) is 8.24. The van der Waals surface area contributed by atoms with E-state index in [1.54, 1.807) is 7.05 Å². The van der Waals surface area contributed by atoms with E-state index < -0.39 is 0 Å². The molecule has 0 amide bonds. The Bertz CT molecular complexity index is 1200. The van der Waals surface area contributed by atoms with E-state index in [1.807, 2.05) is 35.8 Å². The molecule has 31 heavy (non-hydrogen) atoms. The van der Waals surface area contributed by atoms with Gasteiger partial charge in [0.05, 0.1) is 6.61 Å². The first-order valence-corrected chi connectivity index (χ1v) is 11.0. The highest BCUT2D eigenvalue weighted by Gasteiger charge is 2.29. The molecule has 0 saturated carbocycles. The monoisotopic (exact) mass is 425 g/mol. The zero-order valence-electron chi connectivity index (χ0n) is 19.0. The average molecular weight is 426 g/mol. The molecule has 1 aliphatic heterocycles. The summed E-state index contributed by atoms with van der Waals surface area (Å²) in [5.74, 6) is 2.24. The highest BCUT2D eigenvalue weighted by atomic mass is 16.5. The van der Waals surface area contributed by atoms with Gasteiger partial charge in [0.25, 0.3) is 5.56 Å². The van der Waals surface area contributed by atoms with Gasteiger partial charge in [0.1, 0.15) is 5.75 Å². The molecule has 4 rings (SSSR count). The van der Waals surface area contributed by atoms with E-state index in [2.05, 4.69) is 25.7 Å². The van der Waals surface area contributed by atoms with E-state index in [1.165, 1.54) is 9.13 Å². The predicted molar refractivity (Wildman–Crippen MR) is 122 cm³/mol. The highest BCUT2D eigenvalue weighted by Crippen LogP contribution is 2.33. The Morgan fingerprint density at radius 3 is 2.52 bits per heavy atom. The molecule has 1 atom stereocenters. The molecule has 0 saturated heterocycles. The summed E-state index contributed by atoms with van der Waals surface area (Å²) in [6.07, 6.45) is 0.774. The van der Waals surface area contributed by atoms with Crippen LogP contribution in [0.2, 0.25) is 0 Å². The minimum absolute atomic E-state index is 0.252. The largest absolute Gasteiger partial charge is 0.494 e. The number of aromatic nitrogens is 4. The Hall–Kier alpha value is -3.03. The standard InChI is InChI=1S/C23H31N5O3/c1-6-31-18-9-7-17(8-10-18)27-13-16(4)14-28-19-20(24-22(27)28)25(5)23(30)26(21(19)29)12-11-15(2)3/h7-10,15-16H,6,11-14H2,1-5H3/t16-/m0/s1. The Balaban J connectivity index is 1.87. The van der Waals surface area contributed by atoms with E-state index in [9.17, 15) is 9.59 Å². The van der Waals surface area contributed by atoms with E-state index in [-0.39, 0.29) is 11.2 Å². The summed E-state index contributed by atoms with van der Waals surface area (Å²) < 4.78 is 10.4. The number of imidazole rings is 1. The van der Waals surface area contributed by atoms with Gasteiger partial charge >= 0.3 is 5.69 Å². The van der Waals surface area contributed by atoms with Gasteiger partial charge in [-0.1, -0.05) is 20.8 Å². The maximum Gasteiger partial charge on any atom is 0.332 e. The molecule has 166 valence electrons. The number of ether oxygens (including phenoxy) is 1. The van der Waals surface area contributed by atoms with Crippen molar-refractivity contribution in [3.05, 3.63) is 45.1 Å². The summed E-state index contributed by atoms with van der Waals surface area (Å²) in [5.41, 5.74) is 1.36. The van der Waals surface area contributed by atoms with Gasteiger partial charge in [-0.05, 0) is 49.4 Å². The predicted octanol–water partition coefficient (Wildman–Crippen LogP) is 3.13. The maximum absolute atomic E-state index is 13.4. The molecule has 0 radical (unpaired) electrons. The Morgan fingerprint density at radius 1 is 1.16 bits per heavy atom. The highest BCUT2D eigenvalue weighted by molar-refractivity contribution is 5.77. The molecule has 3 aromatic rings. The molecule has 8 heteroatoms. The molecule has 0 spiro atoms. The second-order valence-electron chi connectivity index (χ2n) is 8.82. The molecule has 0 N–H and O–H groups in total. The Kier molecular flexibility index (Phi) is 5.64. The number of hydrogen-bond donors (Lipinski definition) is 0. The van der Waals surface area contributed by atoms with Crippen LogP contribution in [0.15, 0.2) is 33.9 Å². The summed E-state index contributed by atoms with van der Waals surface area (Å²) in [6.45, 7) is 10.8. The van der Waals surface area contributed by atoms with Crippen molar-refractivity contribution in [3.8, 4) is 5.75 Å². The second-order valence-corrected chi connectivity index (χ2v) is 8.82. The van der Waals surface area contributed by atoms with E-state index in [0.717, 1.165) is 24.4 Å². The number of aryl methyl sites for hydroxylation is 1. The lowest BCUT2D eigenvalue weighted by Gasteiger charge is -2.33. The summed E-state index contributed by atoms with van der Waals surface area (Å²) >= 11 is 0. The van der Waals surface area contributed by atoms with Crippen molar-refractivity contribution in [2.45, 2.75) is 47.2 Å². The van der Waals surface area contributed by atoms with Crippen LogP contribution in [0.1, 0.15) is 34.1 Å². The molecule has 0 bridgehead atoms. The van der Waals surface area contributed by atoms with Crippen molar-refractivity contribution < 1.29 is 4.74 Å². The van der Waals surface area contributed by atoms with Crippen molar-refractivity contribution >= 4 is 22.8 Å². The van der Waals surface area contributed by atoms with Gasteiger partial charge in [0.15, 0.2) is 11.2 Å². The van der Waals surface area contributed by atoms with Crippen LogP contribution in [-0.4, -0.2) is 31.8 Å². The first-order chi connectivity index (χ1) is 14.8. The van der Waals surface area contributed by atoms with Crippen molar-refractivity contribution in [2.24, 2.45) is 18.9 Å². The van der Waals surface area contributed by atoms with Crippen LogP contribution in [-0.2, 0) is 20.1 Å². The fourth-order valence-corrected chi connectivity index (χ4v) is 4.20. The SMILES string of the molecule is CCOc1ccc(N2C[C@H](C)Cn3c2nc2c3c(=O)n(CCC(C)C)c(=O)n2C)cc1. The summed E-state index contributed by atoms with van der Waals surface area (Å²) in [4.78, 5) is 33.1. The first-order valence-electron chi connectivity index (χ1n) is 11.0. The molecular formula is C23H31N5O3. The molecule has 8 nitrogen and oxygen atoms in total. The van der Waals surface area contributed by atoms with Crippen LogP contribution in [0.5, 0.6) is 5.75 Å². The third-order valence-corrected chi connectivity index (χ3v) is 5.83. The summed E-state index contributed by atoms with van der Waals surface area (Å²) in [5, 5.41) is 0. The van der Waals surface area contributed by atoms with Crippen LogP contribution in [0.3, 0.4) is 0 Å². The lowest BCUT2D eigenvalue weighted by atomic mass is 10.1. The third-order valence-electron chi connectivity index (χ3n) is 5.83. The van der Waals surface area contributed by atoms with Gasteiger partial charge in [-0.3, -0.25) is 13.9 Å². The van der Waals surface area contributed by atoms with Crippen LogP contribution < -0.4 is 20.9 Å². The molecule has 0 unspecified atom stereocenters. The van der Waals surface area contributed by atoms with Gasteiger partial charge in [-0.15, -0.1) is 0 Å². The van der Waals surface area contributed by atoms with Gasteiger partial charge < -0.3 is 14.2 Å². The molecule has 3 heterocycles. The molecule has 1 aliphatic rings. The normalized spacial score (nSPS) is 16.2. The quantitative estimate of drug-likeness (QED) is 0.607. The minimum Gasteiger partial charge on any atom is -0.494 e. The summed E-state index contributed by atoms with van der Waals surface area (Å²) in [6, 6.07) is 7.90. The molecular weight excluding hydrogens is 394 g/mol. The van der Waals surface area contributed by atoms with Crippen molar-refractivity contribution in [2.75, 3.05) is 18.1 Å². The first kappa shape index (κ1) is 21.2. The number of nitrogens with zero attached hydrogens (tertiary/aromatic N) is 5. The van der Waals surface area contributed by atoms with E-state index in [4.69, 9.17) is 9.72 Å². The molecule has 2 aromatic heterocycles. The Morgan fingerprint density at radius 2 is 1.87 bits per heavy atom. The number of anilines is 2. The topological polar surface area (TPSA) is 74.3 Å². The van der Waals surface area contributed by atoms with Crippen LogP contribution in [0.25, 0.3) is 11.2 Å². The van der Waals surface area contributed by atoms with Gasteiger partial charge in [-0.2, -0.15) is 4.98 Å². The lowest BCUT2D eigenvalue weighted by Crippen LogP contribution is -2.40. The molecule has 1 aromatic carbocycles. The fourth-order valence-electron chi connectivity index (χ4n) is 4.20. The van der Waals surface area contributed by atoms with Crippen LogP contribution in [0, 0.1) is 11.8 Å². The average Bonchev–Trinajstić information content (AvgIpc) is 3.12. The van der Waals surface area contributed by atoms with Crippen molar-refractivity contribution in [1.29, 1.82) is 0 Å².